The second-order valence-electron chi connectivity index (χ2n) is 8.28. The van der Waals surface area contributed by atoms with Crippen LogP contribution in [-0.2, 0) is 9.53 Å². The molecule has 2 fully saturated rings. The first-order valence-electron chi connectivity index (χ1n) is 11.5. The molecule has 4 rings (SSSR count). The minimum absolute atomic E-state index is 0.127. The highest BCUT2D eigenvalue weighted by Gasteiger charge is 2.23. The third-order valence-electron chi connectivity index (χ3n) is 6.21. The summed E-state index contributed by atoms with van der Waals surface area (Å²) in [6.07, 6.45) is 0.520. The van der Waals surface area contributed by atoms with E-state index in [1.807, 2.05) is 41.0 Å². The van der Waals surface area contributed by atoms with Gasteiger partial charge < -0.3 is 24.8 Å². The topological polar surface area (TPSA) is 108 Å². The van der Waals surface area contributed by atoms with Crippen molar-refractivity contribution in [1.82, 2.24) is 4.90 Å². The zero-order chi connectivity index (χ0) is 24.1. The molecule has 2 aliphatic heterocycles. The monoisotopic (exact) mass is 467 g/mol. The fourth-order valence-electron chi connectivity index (χ4n) is 4.29. The van der Waals surface area contributed by atoms with Crippen LogP contribution in [0.25, 0.3) is 0 Å². The van der Waals surface area contributed by atoms with Gasteiger partial charge in [-0.25, -0.2) is 0 Å². The Balaban J connectivity index is 1.46. The van der Waals surface area contributed by atoms with Gasteiger partial charge in [0.15, 0.2) is 0 Å². The quantitative estimate of drug-likeness (QED) is 0.514. The van der Waals surface area contributed by atoms with Crippen LogP contribution in [0.5, 0.6) is 0 Å². The average molecular weight is 468 g/mol. The van der Waals surface area contributed by atoms with Gasteiger partial charge in [-0.15, -0.1) is 0 Å². The zero-order valence-electron chi connectivity index (χ0n) is 19.2. The van der Waals surface area contributed by atoms with Crippen LogP contribution in [-0.4, -0.2) is 74.1 Å². The van der Waals surface area contributed by atoms with Gasteiger partial charge in [0.05, 0.1) is 29.4 Å². The number of nitrogens with zero attached hydrogens (tertiary/aromatic N) is 4. The summed E-state index contributed by atoms with van der Waals surface area (Å²) in [6.45, 7) is 7.10. The minimum Gasteiger partial charge on any atom is -0.378 e. The third kappa shape index (κ3) is 5.28. The van der Waals surface area contributed by atoms with Crippen molar-refractivity contribution in [2.75, 3.05) is 67.6 Å². The highest BCUT2D eigenvalue weighted by Crippen LogP contribution is 2.28. The highest BCUT2D eigenvalue weighted by molar-refractivity contribution is 6.08. The van der Waals surface area contributed by atoms with Crippen LogP contribution >= 0.6 is 0 Å². The summed E-state index contributed by atoms with van der Waals surface area (Å²) in [6, 6.07) is 11.9. The molecule has 2 aromatic rings. The smallest absolute Gasteiger partial charge is 0.270 e. The number of hydrogen-bond donors (Lipinski definition) is 1. The second-order valence-corrected chi connectivity index (χ2v) is 8.28. The number of non-ortho nitro benzene ring substituents is 1. The average Bonchev–Trinajstić information content (AvgIpc) is 2.89. The van der Waals surface area contributed by atoms with Gasteiger partial charge in [0.2, 0.25) is 5.91 Å². The van der Waals surface area contributed by atoms with Gasteiger partial charge in [0, 0.05) is 69.2 Å². The molecule has 180 valence electrons. The largest absolute Gasteiger partial charge is 0.378 e. The Labute approximate surface area is 198 Å². The van der Waals surface area contributed by atoms with Crippen LogP contribution in [0.15, 0.2) is 42.5 Å². The van der Waals surface area contributed by atoms with Crippen LogP contribution in [0.2, 0.25) is 0 Å². The fraction of sp³-hybridized carbons (Fsp3) is 0.417. The van der Waals surface area contributed by atoms with E-state index >= 15 is 0 Å². The standard InChI is InChI=1S/C24H29N5O5/c1-2-23(30)28-11-9-26(10-12-28)19-5-3-18(4-6-19)25-24(31)21-17-20(29(32)33)7-8-22(21)27-13-15-34-16-14-27/h3-8,17H,2,9-16H2,1H3,(H,25,31). The Morgan fingerprint density at radius 1 is 0.971 bits per heavy atom. The molecule has 0 bridgehead atoms. The summed E-state index contributed by atoms with van der Waals surface area (Å²) < 4.78 is 5.39. The first-order valence-corrected chi connectivity index (χ1v) is 11.5. The molecular formula is C24H29N5O5. The van der Waals surface area contributed by atoms with Crippen molar-refractivity contribution in [2.45, 2.75) is 13.3 Å². The number of carbonyl (C=O) groups excluding carboxylic acids is 2. The number of carbonyl (C=O) groups is 2. The summed E-state index contributed by atoms with van der Waals surface area (Å²) in [7, 11) is 0. The molecule has 2 heterocycles. The van der Waals surface area contributed by atoms with Crippen LogP contribution in [0.3, 0.4) is 0 Å². The lowest BCUT2D eigenvalue weighted by Crippen LogP contribution is -2.48. The van der Waals surface area contributed by atoms with E-state index in [4.69, 9.17) is 4.74 Å². The number of amides is 2. The number of nitro benzene ring substituents is 1. The van der Waals surface area contributed by atoms with Gasteiger partial charge in [-0.1, -0.05) is 6.92 Å². The Hall–Kier alpha value is -3.66. The number of ether oxygens (including phenoxy) is 1. The van der Waals surface area contributed by atoms with E-state index in [1.54, 1.807) is 6.07 Å². The van der Waals surface area contributed by atoms with E-state index in [9.17, 15) is 19.7 Å². The van der Waals surface area contributed by atoms with E-state index in [2.05, 4.69) is 10.2 Å². The van der Waals surface area contributed by atoms with Crippen molar-refractivity contribution in [3.05, 3.63) is 58.1 Å². The molecule has 0 aromatic heterocycles. The summed E-state index contributed by atoms with van der Waals surface area (Å²) in [5.41, 5.74) is 2.41. The summed E-state index contributed by atoms with van der Waals surface area (Å²) in [4.78, 5) is 41.9. The lowest BCUT2D eigenvalue weighted by Gasteiger charge is -2.36. The molecule has 0 aliphatic carbocycles. The van der Waals surface area contributed by atoms with Crippen molar-refractivity contribution < 1.29 is 19.2 Å². The van der Waals surface area contributed by atoms with Crippen molar-refractivity contribution in [3.63, 3.8) is 0 Å². The highest BCUT2D eigenvalue weighted by atomic mass is 16.6. The van der Waals surface area contributed by atoms with Crippen molar-refractivity contribution in [3.8, 4) is 0 Å². The maximum atomic E-state index is 13.1. The predicted octanol–water partition coefficient (Wildman–Crippen LogP) is 2.74. The van der Waals surface area contributed by atoms with E-state index in [-0.39, 0.29) is 17.2 Å². The molecule has 10 nitrogen and oxygen atoms in total. The molecule has 2 aromatic carbocycles. The van der Waals surface area contributed by atoms with Gasteiger partial charge in [0.1, 0.15) is 0 Å². The molecule has 2 aliphatic rings. The molecule has 0 saturated carbocycles. The predicted molar refractivity (Wildman–Crippen MR) is 130 cm³/mol. The van der Waals surface area contributed by atoms with E-state index in [0.717, 1.165) is 18.8 Å². The van der Waals surface area contributed by atoms with E-state index < -0.39 is 10.8 Å². The van der Waals surface area contributed by atoms with Gasteiger partial charge in [-0.3, -0.25) is 19.7 Å². The Bertz CT molecular complexity index is 1040. The van der Waals surface area contributed by atoms with Crippen LogP contribution < -0.4 is 15.1 Å². The van der Waals surface area contributed by atoms with Crippen LogP contribution in [0.1, 0.15) is 23.7 Å². The molecule has 0 radical (unpaired) electrons. The maximum Gasteiger partial charge on any atom is 0.270 e. The third-order valence-corrected chi connectivity index (χ3v) is 6.21. The van der Waals surface area contributed by atoms with Crippen LogP contribution in [0, 0.1) is 10.1 Å². The molecule has 10 heteroatoms. The summed E-state index contributed by atoms with van der Waals surface area (Å²) in [5.74, 6) is -0.222. The van der Waals surface area contributed by atoms with Gasteiger partial charge >= 0.3 is 0 Å². The lowest BCUT2D eigenvalue weighted by atomic mass is 10.1. The Kier molecular flexibility index (Phi) is 7.27. The number of hydrogen-bond acceptors (Lipinski definition) is 7. The number of rotatable bonds is 6. The minimum atomic E-state index is -0.498. The number of piperazine rings is 1. The second kappa shape index (κ2) is 10.5. The van der Waals surface area contributed by atoms with Crippen molar-refractivity contribution in [2.24, 2.45) is 0 Å². The molecule has 0 atom stereocenters. The molecule has 2 saturated heterocycles. The molecule has 34 heavy (non-hydrogen) atoms. The van der Waals surface area contributed by atoms with Crippen molar-refractivity contribution >= 4 is 34.6 Å². The van der Waals surface area contributed by atoms with Gasteiger partial charge in [-0.05, 0) is 30.3 Å². The SMILES string of the molecule is CCC(=O)N1CCN(c2ccc(NC(=O)c3cc([N+](=O)[O-])ccc3N3CCOCC3)cc2)CC1. The first-order chi connectivity index (χ1) is 16.5. The Morgan fingerprint density at radius 2 is 1.65 bits per heavy atom. The lowest BCUT2D eigenvalue weighted by molar-refractivity contribution is -0.384. The zero-order valence-corrected chi connectivity index (χ0v) is 19.2. The number of morpholine rings is 1. The maximum absolute atomic E-state index is 13.1. The summed E-state index contributed by atoms with van der Waals surface area (Å²) in [5, 5.41) is 14.2. The molecule has 0 unspecified atom stereocenters. The molecule has 2 amide bonds. The first kappa shape index (κ1) is 23.5. The number of anilines is 3. The fourth-order valence-corrected chi connectivity index (χ4v) is 4.29. The molecule has 1 N–H and O–H groups in total. The van der Waals surface area contributed by atoms with Crippen molar-refractivity contribution in [1.29, 1.82) is 0 Å². The Morgan fingerprint density at radius 3 is 2.26 bits per heavy atom. The van der Waals surface area contributed by atoms with E-state index in [1.165, 1.54) is 12.1 Å². The van der Waals surface area contributed by atoms with Crippen LogP contribution in [0.4, 0.5) is 22.7 Å². The normalized spacial score (nSPS) is 16.3. The number of nitrogens with one attached hydrogen (secondary N) is 1. The van der Waals surface area contributed by atoms with E-state index in [0.29, 0.717) is 57.2 Å². The summed E-state index contributed by atoms with van der Waals surface area (Å²) >= 11 is 0. The number of benzene rings is 2. The molecule has 0 spiro atoms. The van der Waals surface area contributed by atoms with Gasteiger partial charge in [0.25, 0.3) is 11.6 Å². The van der Waals surface area contributed by atoms with Gasteiger partial charge in [-0.2, -0.15) is 0 Å². The number of nitro groups is 1. The molecular weight excluding hydrogens is 438 g/mol.